The molecule has 0 aliphatic rings. The predicted octanol–water partition coefficient (Wildman–Crippen LogP) is 1.01. The Kier molecular flexibility index (Phi) is 1.98. The van der Waals surface area contributed by atoms with E-state index >= 15 is 0 Å². The fraction of sp³-hybridized carbons (Fsp3) is 0. The van der Waals surface area contributed by atoms with Gasteiger partial charge in [-0.05, 0) is 18.2 Å². The number of hydrogen-bond donors (Lipinski definition) is 2. The van der Waals surface area contributed by atoms with E-state index in [9.17, 15) is 9.59 Å². The van der Waals surface area contributed by atoms with Crippen LogP contribution < -0.4 is 11.2 Å². The molecule has 0 aliphatic heterocycles. The summed E-state index contributed by atoms with van der Waals surface area (Å²) in [6, 6.07) is 11.2. The van der Waals surface area contributed by atoms with Gasteiger partial charge in [0.25, 0.3) is 5.56 Å². The van der Waals surface area contributed by atoms with Gasteiger partial charge in [-0.25, -0.2) is 4.79 Å². The molecule has 2 aromatic heterocycles. The van der Waals surface area contributed by atoms with Crippen molar-refractivity contribution in [3.05, 3.63) is 63.4 Å². The Morgan fingerprint density at radius 1 is 0.941 bits per heavy atom. The molecule has 3 rings (SSSR count). The molecule has 2 N–H and O–H groups in total. The predicted molar refractivity (Wildman–Crippen MR) is 64.5 cm³/mol. The molecule has 5 nitrogen and oxygen atoms in total. The lowest BCUT2D eigenvalue weighted by molar-refractivity contribution is 1.04. The molecule has 0 aliphatic carbocycles. The van der Waals surface area contributed by atoms with Crippen LogP contribution in [0.25, 0.3) is 16.7 Å². The monoisotopic (exact) mass is 227 g/mol. The summed E-state index contributed by atoms with van der Waals surface area (Å²) in [5, 5.41) is 0. The van der Waals surface area contributed by atoms with Crippen molar-refractivity contribution in [2.24, 2.45) is 0 Å². The molecule has 1 aromatic carbocycles. The molecule has 0 bridgehead atoms. The summed E-state index contributed by atoms with van der Waals surface area (Å²) in [7, 11) is 0. The maximum atomic E-state index is 11.8. The van der Waals surface area contributed by atoms with Crippen molar-refractivity contribution < 1.29 is 0 Å². The third-order valence-electron chi connectivity index (χ3n) is 2.61. The summed E-state index contributed by atoms with van der Waals surface area (Å²) < 4.78 is 1.74. The lowest BCUT2D eigenvalue weighted by Crippen LogP contribution is -2.22. The van der Waals surface area contributed by atoms with E-state index in [-0.39, 0.29) is 0 Å². The van der Waals surface area contributed by atoms with E-state index in [2.05, 4.69) is 9.97 Å². The molecule has 0 atom stereocenters. The standard InChI is InChI=1S/C12H9N3O2/c16-11-10-9(13-12(17)14-11)6-7-15(10)8-4-2-1-3-5-8/h1-7H,(H2,13,14,16,17). The highest BCUT2D eigenvalue weighted by Crippen LogP contribution is 2.14. The third kappa shape index (κ3) is 1.48. The number of rotatable bonds is 1. The van der Waals surface area contributed by atoms with E-state index in [1.807, 2.05) is 30.3 Å². The SMILES string of the molecule is O=c1[nH]c(=O)c2c(ccn2-c2ccccc2)[nH]1. The van der Waals surface area contributed by atoms with Crippen LogP contribution in [-0.4, -0.2) is 14.5 Å². The van der Waals surface area contributed by atoms with E-state index in [4.69, 9.17) is 0 Å². The Morgan fingerprint density at radius 3 is 2.47 bits per heavy atom. The molecule has 0 spiro atoms. The second kappa shape index (κ2) is 3.48. The Bertz CT molecular complexity index is 781. The zero-order valence-electron chi connectivity index (χ0n) is 8.81. The minimum atomic E-state index is -0.492. The molecule has 17 heavy (non-hydrogen) atoms. The Balaban J connectivity index is 2.40. The van der Waals surface area contributed by atoms with Crippen molar-refractivity contribution in [2.45, 2.75) is 0 Å². The van der Waals surface area contributed by atoms with Gasteiger partial charge in [-0.3, -0.25) is 9.78 Å². The molecule has 5 heteroatoms. The van der Waals surface area contributed by atoms with Gasteiger partial charge in [0.2, 0.25) is 0 Å². The van der Waals surface area contributed by atoms with Crippen molar-refractivity contribution in [3.8, 4) is 5.69 Å². The van der Waals surface area contributed by atoms with Crippen LogP contribution in [0.15, 0.2) is 52.2 Å². The van der Waals surface area contributed by atoms with Crippen molar-refractivity contribution >= 4 is 11.0 Å². The van der Waals surface area contributed by atoms with Gasteiger partial charge in [0.15, 0.2) is 0 Å². The molecule has 0 radical (unpaired) electrons. The molecule has 0 fully saturated rings. The number of aromatic amines is 2. The molecular formula is C12H9N3O2. The quantitative estimate of drug-likeness (QED) is 0.651. The van der Waals surface area contributed by atoms with Gasteiger partial charge < -0.3 is 9.55 Å². The molecule has 0 saturated carbocycles. The van der Waals surface area contributed by atoms with Crippen LogP contribution in [0.2, 0.25) is 0 Å². The van der Waals surface area contributed by atoms with E-state index in [1.54, 1.807) is 16.8 Å². The van der Waals surface area contributed by atoms with Crippen molar-refractivity contribution in [3.63, 3.8) is 0 Å². The second-order valence-corrected chi connectivity index (χ2v) is 3.69. The Hall–Kier alpha value is -2.56. The van der Waals surface area contributed by atoms with Crippen LogP contribution in [0.5, 0.6) is 0 Å². The third-order valence-corrected chi connectivity index (χ3v) is 2.61. The van der Waals surface area contributed by atoms with Crippen LogP contribution in [0.1, 0.15) is 0 Å². The summed E-state index contributed by atoms with van der Waals surface area (Å²) in [6.45, 7) is 0. The van der Waals surface area contributed by atoms with Crippen molar-refractivity contribution in [1.82, 2.24) is 14.5 Å². The fourth-order valence-electron chi connectivity index (χ4n) is 1.88. The van der Waals surface area contributed by atoms with Crippen molar-refractivity contribution in [1.29, 1.82) is 0 Å². The summed E-state index contributed by atoms with van der Waals surface area (Å²) in [6.07, 6.45) is 1.76. The van der Waals surface area contributed by atoms with Gasteiger partial charge in [-0.2, -0.15) is 0 Å². The summed E-state index contributed by atoms with van der Waals surface area (Å²) in [4.78, 5) is 27.7. The number of para-hydroxylation sites is 1. The Morgan fingerprint density at radius 2 is 1.71 bits per heavy atom. The molecule has 0 unspecified atom stereocenters. The molecule has 2 heterocycles. The molecular weight excluding hydrogens is 218 g/mol. The van der Waals surface area contributed by atoms with Crippen LogP contribution in [0, 0.1) is 0 Å². The minimum absolute atomic E-state index is 0.391. The zero-order chi connectivity index (χ0) is 11.8. The summed E-state index contributed by atoms with van der Waals surface area (Å²) >= 11 is 0. The van der Waals surface area contributed by atoms with Crippen LogP contribution in [0.4, 0.5) is 0 Å². The average molecular weight is 227 g/mol. The van der Waals surface area contributed by atoms with Gasteiger partial charge in [-0.15, -0.1) is 0 Å². The smallest absolute Gasteiger partial charge is 0.311 e. The topological polar surface area (TPSA) is 70.7 Å². The first-order valence-corrected chi connectivity index (χ1v) is 5.15. The maximum absolute atomic E-state index is 11.8. The first-order chi connectivity index (χ1) is 8.25. The number of fused-ring (bicyclic) bond motifs is 1. The highest BCUT2D eigenvalue weighted by atomic mass is 16.2. The summed E-state index contributed by atoms with van der Waals surface area (Å²) in [5.74, 6) is 0. The normalized spacial score (nSPS) is 10.8. The lowest BCUT2D eigenvalue weighted by atomic mass is 10.3. The largest absolute Gasteiger partial charge is 0.326 e. The van der Waals surface area contributed by atoms with Crippen LogP contribution >= 0.6 is 0 Å². The number of aromatic nitrogens is 3. The molecule has 0 amide bonds. The molecule has 84 valence electrons. The van der Waals surface area contributed by atoms with Crippen LogP contribution in [-0.2, 0) is 0 Å². The van der Waals surface area contributed by atoms with Gasteiger partial charge in [0, 0.05) is 11.9 Å². The van der Waals surface area contributed by atoms with Gasteiger partial charge in [0.1, 0.15) is 5.52 Å². The summed E-state index contributed by atoms with van der Waals surface area (Å²) in [5.41, 5.74) is 0.962. The van der Waals surface area contributed by atoms with E-state index < -0.39 is 11.2 Å². The number of H-pyrrole nitrogens is 2. The zero-order valence-corrected chi connectivity index (χ0v) is 8.81. The van der Waals surface area contributed by atoms with Crippen LogP contribution in [0.3, 0.4) is 0 Å². The second-order valence-electron chi connectivity index (χ2n) is 3.69. The first kappa shape index (κ1) is 9.65. The lowest BCUT2D eigenvalue weighted by Gasteiger charge is -2.03. The van der Waals surface area contributed by atoms with Crippen molar-refractivity contribution in [2.75, 3.05) is 0 Å². The number of hydrogen-bond acceptors (Lipinski definition) is 2. The minimum Gasteiger partial charge on any atom is -0.311 e. The van der Waals surface area contributed by atoms with E-state index in [0.717, 1.165) is 5.69 Å². The highest BCUT2D eigenvalue weighted by Gasteiger charge is 2.07. The molecule has 3 aromatic rings. The molecule has 0 saturated heterocycles. The van der Waals surface area contributed by atoms with E-state index in [0.29, 0.717) is 11.0 Å². The average Bonchev–Trinajstić information content (AvgIpc) is 2.74. The number of nitrogens with zero attached hydrogens (tertiary/aromatic N) is 1. The first-order valence-electron chi connectivity index (χ1n) is 5.15. The number of nitrogens with one attached hydrogen (secondary N) is 2. The van der Waals surface area contributed by atoms with Gasteiger partial charge in [-0.1, -0.05) is 18.2 Å². The van der Waals surface area contributed by atoms with E-state index in [1.165, 1.54) is 0 Å². The number of benzene rings is 1. The Labute approximate surface area is 95.4 Å². The fourth-order valence-corrected chi connectivity index (χ4v) is 1.88. The highest BCUT2D eigenvalue weighted by molar-refractivity contribution is 5.76. The maximum Gasteiger partial charge on any atom is 0.326 e. The van der Waals surface area contributed by atoms with Gasteiger partial charge >= 0.3 is 5.69 Å². The van der Waals surface area contributed by atoms with Gasteiger partial charge in [0.05, 0.1) is 5.52 Å².